The normalized spacial score (nSPS) is 15.8. The van der Waals surface area contributed by atoms with Gasteiger partial charge in [0.2, 0.25) is 11.8 Å². The van der Waals surface area contributed by atoms with Crippen molar-refractivity contribution >= 4 is 11.8 Å². The molecule has 4 rings (SSSR count). The molecule has 2 atom stereocenters. The fraction of sp³-hybridized carbons (Fsp3) is 0.323. The molecule has 0 radical (unpaired) electrons. The number of amides is 2. The Bertz CT molecular complexity index is 1280. The molecule has 1 heterocycles. The second kappa shape index (κ2) is 11.7. The minimum absolute atomic E-state index is 0.0649. The summed E-state index contributed by atoms with van der Waals surface area (Å²) in [5.41, 5.74) is 4.26. The number of nitrogens with one attached hydrogen (secondary N) is 1. The van der Waals surface area contributed by atoms with Gasteiger partial charge in [-0.05, 0) is 53.1 Å². The van der Waals surface area contributed by atoms with Crippen LogP contribution in [0.1, 0.15) is 66.5 Å². The van der Waals surface area contributed by atoms with Crippen molar-refractivity contribution in [3.05, 3.63) is 101 Å². The number of carbonyl (C=O) groups excluding carboxylic acids is 2. The molecule has 0 bridgehead atoms. The average molecular weight is 496 g/mol. The lowest BCUT2D eigenvalue weighted by Gasteiger charge is -2.27. The molecular weight excluding hydrogens is 462 g/mol. The zero-order valence-corrected chi connectivity index (χ0v) is 21.6. The Morgan fingerprint density at radius 2 is 1.70 bits per heavy atom. The first-order valence-corrected chi connectivity index (χ1v) is 12.7. The van der Waals surface area contributed by atoms with Crippen molar-refractivity contribution in [3.8, 4) is 11.8 Å². The van der Waals surface area contributed by atoms with Crippen molar-refractivity contribution < 1.29 is 14.3 Å². The maximum Gasteiger partial charge on any atom is 0.243 e. The molecule has 0 aromatic heterocycles. The third kappa shape index (κ3) is 6.00. The summed E-state index contributed by atoms with van der Waals surface area (Å²) in [7, 11) is 1.54. The van der Waals surface area contributed by atoms with E-state index in [1.165, 1.54) is 12.7 Å². The van der Waals surface area contributed by atoms with Crippen LogP contribution < -0.4 is 10.1 Å². The van der Waals surface area contributed by atoms with Crippen LogP contribution in [0.4, 0.5) is 0 Å². The number of rotatable bonds is 8. The van der Waals surface area contributed by atoms with Crippen LogP contribution in [0.15, 0.2) is 72.8 Å². The van der Waals surface area contributed by atoms with Crippen LogP contribution in [0.25, 0.3) is 0 Å². The predicted molar refractivity (Wildman–Crippen MR) is 143 cm³/mol. The summed E-state index contributed by atoms with van der Waals surface area (Å²) >= 11 is 0. The largest absolute Gasteiger partial charge is 0.497 e. The Morgan fingerprint density at radius 3 is 2.35 bits per heavy atom. The molecule has 2 amide bonds. The molecule has 1 N–H and O–H groups in total. The van der Waals surface area contributed by atoms with E-state index in [-0.39, 0.29) is 24.3 Å². The smallest absolute Gasteiger partial charge is 0.243 e. The van der Waals surface area contributed by atoms with Crippen LogP contribution in [-0.4, -0.2) is 36.4 Å². The van der Waals surface area contributed by atoms with E-state index in [4.69, 9.17) is 4.74 Å². The standard InChI is InChI=1S/C31H33N3O3/c1-21(2)22-11-13-24(14-12-22)30(23-8-5-4-6-9-23)33-31(36)28-10-7-17-34(28)29(35)19-25-15-16-27(37-3)18-26(25)20-32/h4-6,8-9,11-16,18,21,28,30H,7,10,17,19H2,1-3H3,(H,33,36)/t28-,30-/m0/s1. The number of ether oxygens (including phenoxy) is 1. The summed E-state index contributed by atoms with van der Waals surface area (Å²) in [4.78, 5) is 28.5. The summed E-state index contributed by atoms with van der Waals surface area (Å²) in [6, 6.07) is 24.6. The molecule has 37 heavy (non-hydrogen) atoms. The van der Waals surface area contributed by atoms with Gasteiger partial charge in [0.1, 0.15) is 11.8 Å². The minimum Gasteiger partial charge on any atom is -0.497 e. The van der Waals surface area contributed by atoms with Crippen LogP contribution in [0.3, 0.4) is 0 Å². The van der Waals surface area contributed by atoms with Gasteiger partial charge < -0.3 is 15.0 Å². The molecule has 0 spiro atoms. The first kappa shape index (κ1) is 26.0. The minimum atomic E-state index is -0.544. The molecular formula is C31H33N3O3. The van der Waals surface area contributed by atoms with Crippen molar-refractivity contribution in [2.24, 2.45) is 0 Å². The molecule has 0 aliphatic carbocycles. The van der Waals surface area contributed by atoms with Crippen LogP contribution in [-0.2, 0) is 16.0 Å². The number of benzene rings is 3. The monoisotopic (exact) mass is 495 g/mol. The summed E-state index contributed by atoms with van der Waals surface area (Å²) in [5, 5.41) is 12.8. The van der Waals surface area contributed by atoms with E-state index in [9.17, 15) is 14.9 Å². The van der Waals surface area contributed by atoms with Gasteiger partial charge in [0, 0.05) is 6.54 Å². The van der Waals surface area contributed by atoms with E-state index in [1.54, 1.807) is 23.1 Å². The molecule has 0 saturated carbocycles. The van der Waals surface area contributed by atoms with Crippen LogP contribution in [0.2, 0.25) is 0 Å². The van der Waals surface area contributed by atoms with Gasteiger partial charge in [-0.2, -0.15) is 5.26 Å². The zero-order chi connectivity index (χ0) is 26.4. The number of carbonyl (C=O) groups is 2. The summed E-state index contributed by atoms with van der Waals surface area (Å²) in [6.07, 6.45) is 1.44. The predicted octanol–water partition coefficient (Wildman–Crippen LogP) is 5.13. The first-order chi connectivity index (χ1) is 17.9. The van der Waals surface area contributed by atoms with Gasteiger partial charge in [-0.3, -0.25) is 9.59 Å². The van der Waals surface area contributed by atoms with Crippen molar-refractivity contribution in [1.82, 2.24) is 10.2 Å². The lowest BCUT2D eigenvalue weighted by Crippen LogP contribution is -2.47. The Kier molecular flexibility index (Phi) is 8.25. The number of methoxy groups -OCH3 is 1. The number of hydrogen-bond acceptors (Lipinski definition) is 4. The maximum atomic E-state index is 13.6. The van der Waals surface area contributed by atoms with Gasteiger partial charge in [0.15, 0.2) is 0 Å². The van der Waals surface area contributed by atoms with Gasteiger partial charge in [-0.15, -0.1) is 0 Å². The van der Waals surface area contributed by atoms with E-state index in [1.807, 2.05) is 30.3 Å². The molecule has 1 aliphatic rings. The highest BCUT2D eigenvalue weighted by Crippen LogP contribution is 2.27. The Hall–Kier alpha value is -4.11. The van der Waals surface area contributed by atoms with Crippen LogP contribution >= 0.6 is 0 Å². The summed E-state index contributed by atoms with van der Waals surface area (Å²) in [5.74, 6) is 0.670. The molecule has 1 aliphatic heterocycles. The molecule has 3 aromatic rings. The topological polar surface area (TPSA) is 82.4 Å². The van der Waals surface area contributed by atoms with Gasteiger partial charge in [-0.1, -0.05) is 74.5 Å². The number of likely N-dealkylation sites (tertiary alicyclic amines) is 1. The van der Waals surface area contributed by atoms with Gasteiger partial charge in [0.05, 0.1) is 31.2 Å². The number of hydrogen-bond donors (Lipinski definition) is 1. The SMILES string of the molecule is COc1ccc(CC(=O)N2CCC[C@H]2C(=O)N[C@@H](c2ccccc2)c2ccc(C(C)C)cc2)c(C#N)c1. The average Bonchev–Trinajstić information content (AvgIpc) is 3.43. The highest BCUT2D eigenvalue weighted by atomic mass is 16.5. The first-order valence-electron chi connectivity index (χ1n) is 12.7. The maximum absolute atomic E-state index is 13.6. The zero-order valence-electron chi connectivity index (χ0n) is 21.6. The fourth-order valence-electron chi connectivity index (χ4n) is 4.86. The van der Waals surface area contributed by atoms with Gasteiger partial charge >= 0.3 is 0 Å². The molecule has 3 aromatic carbocycles. The van der Waals surface area contributed by atoms with E-state index in [2.05, 4.69) is 49.5 Å². The third-order valence-electron chi connectivity index (χ3n) is 7.01. The van der Waals surface area contributed by atoms with Gasteiger partial charge in [0.25, 0.3) is 0 Å². The number of nitrogens with zero attached hydrogens (tertiary/aromatic N) is 2. The van der Waals surface area contributed by atoms with E-state index in [0.29, 0.717) is 35.8 Å². The molecule has 6 heteroatoms. The van der Waals surface area contributed by atoms with Crippen LogP contribution in [0, 0.1) is 11.3 Å². The molecule has 190 valence electrons. The number of nitriles is 1. The highest BCUT2D eigenvalue weighted by molar-refractivity contribution is 5.89. The van der Waals surface area contributed by atoms with Crippen molar-refractivity contribution in [2.75, 3.05) is 13.7 Å². The quantitative estimate of drug-likeness (QED) is 0.470. The second-order valence-electron chi connectivity index (χ2n) is 9.73. The van der Waals surface area contributed by atoms with E-state index in [0.717, 1.165) is 17.5 Å². The lowest BCUT2D eigenvalue weighted by molar-refractivity contribution is -0.138. The summed E-state index contributed by atoms with van der Waals surface area (Å²) < 4.78 is 5.19. The van der Waals surface area contributed by atoms with Crippen molar-refractivity contribution in [2.45, 2.75) is 51.1 Å². The Morgan fingerprint density at radius 1 is 1.03 bits per heavy atom. The van der Waals surface area contributed by atoms with E-state index < -0.39 is 6.04 Å². The summed E-state index contributed by atoms with van der Waals surface area (Å²) in [6.45, 7) is 4.83. The second-order valence-corrected chi connectivity index (χ2v) is 9.73. The molecule has 0 unspecified atom stereocenters. The van der Waals surface area contributed by atoms with Crippen molar-refractivity contribution in [3.63, 3.8) is 0 Å². The third-order valence-corrected chi connectivity index (χ3v) is 7.01. The van der Waals surface area contributed by atoms with Crippen LogP contribution in [0.5, 0.6) is 5.75 Å². The molecule has 1 fully saturated rings. The van der Waals surface area contributed by atoms with Gasteiger partial charge in [-0.25, -0.2) is 0 Å². The van der Waals surface area contributed by atoms with Crippen molar-refractivity contribution in [1.29, 1.82) is 5.26 Å². The molecule has 1 saturated heterocycles. The lowest BCUT2D eigenvalue weighted by atomic mass is 9.95. The Labute approximate surface area is 218 Å². The Balaban J connectivity index is 1.53. The highest BCUT2D eigenvalue weighted by Gasteiger charge is 2.35. The molecule has 6 nitrogen and oxygen atoms in total. The van der Waals surface area contributed by atoms with E-state index >= 15 is 0 Å². The fourth-order valence-corrected chi connectivity index (χ4v) is 4.86.